The maximum absolute atomic E-state index is 12.0. The van der Waals surface area contributed by atoms with Crippen molar-refractivity contribution < 1.29 is 4.79 Å². The summed E-state index contributed by atoms with van der Waals surface area (Å²) in [6.07, 6.45) is 3.58. The SMILES string of the molecule is Cc1cc(C(=O)N2CC(c3ccncc3)C2)n[nH]1. The van der Waals surface area contributed by atoms with Gasteiger partial charge in [0.1, 0.15) is 5.69 Å². The molecule has 0 bridgehead atoms. The van der Waals surface area contributed by atoms with Gasteiger partial charge in [-0.25, -0.2) is 0 Å². The molecule has 3 heterocycles. The van der Waals surface area contributed by atoms with Crippen molar-refractivity contribution in [1.29, 1.82) is 0 Å². The first-order valence-corrected chi connectivity index (χ1v) is 5.95. The Bertz CT molecular complexity index is 557. The van der Waals surface area contributed by atoms with Gasteiger partial charge >= 0.3 is 0 Å². The topological polar surface area (TPSA) is 61.9 Å². The van der Waals surface area contributed by atoms with E-state index in [4.69, 9.17) is 0 Å². The number of rotatable bonds is 2. The number of aryl methyl sites for hydroxylation is 1. The lowest BCUT2D eigenvalue weighted by molar-refractivity contribution is 0.0596. The molecule has 0 atom stereocenters. The van der Waals surface area contributed by atoms with E-state index in [1.807, 2.05) is 24.0 Å². The van der Waals surface area contributed by atoms with Gasteiger partial charge in [-0.1, -0.05) is 0 Å². The van der Waals surface area contributed by atoms with Gasteiger partial charge in [0.05, 0.1) is 0 Å². The summed E-state index contributed by atoms with van der Waals surface area (Å²) in [5.41, 5.74) is 2.65. The maximum Gasteiger partial charge on any atom is 0.274 e. The highest BCUT2D eigenvalue weighted by atomic mass is 16.2. The molecule has 1 aliphatic heterocycles. The number of likely N-dealkylation sites (tertiary alicyclic amines) is 1. The van der Waals surface area contributed by atoms with E-state index in [-0.39, 0.29) is 5.91 Å². The van der Waals surface area contributed by atoms with Crippen molar-refractivity contribution in [3.8, 4) is 0 Å². The van der Waals surface area contributed by atoms with Crippen LogP contribution in [0.4, 0.5) is 0 Å². The molecule has 5 heteroatoms. The molecule has 0 aliphatic carbocycles. The summed E-state index contributed by atoms with van der Waals surface area (Å²) < 4.78 is 0. The van der Waals surface area contributed by atoms with Gasteiger partial charge in [-0.3, -0.25) is 14.9 Å². The molecule has 0 unspecified atom stereocenters. The average molecular weight is 242 g/mol. The van der Waals surface area contributed by atoms with Gasteiger partial charge in [-0.2, -0.15) is 5.10 Å². The largest absolute Gasteiger partial charge is 0.336 e. The summed E-state index contributed by atoms with van der Waals surface area (Å²) in [7, 11) is 0. The Hall–Kier alpha value is -2.17. The van der Waals surface area contributed by atoms with Gasteiger partial charge in [0.25, 0.3) is 5.91 Å². The number of nitrogens with one attached hydrogen (secondary N) is 1. The lowest BCUT2D eigenvalue weighted by Crippen LogP contribution is -2.48. The third-order valence-electron chi connectivity index (χ3n) is 3.27. The first-order valence-electron chi connectivity index (χ1n) is 5.95. The Morgan fingerprint density at radius 2 is 2.11 bits per heavy atom. The van der Waals surface area contributed by atoms with Crippen LogP contribution in [-0.4, -0.2) is 39.1 Å². The highest BCUT2D eigenvalue weighted by Gasteiger charge is 2.32. The summed E-state index contributed by atoms with van der Waals surface area (Å²) in [5, 5.41) is 6.78. The van der Waals surface area contributed by atoms with Gasteiger partial charge in [-0.15, -0.1) is 0 Å². The minimum absolute atomic E-state index is 0.00431. The standard InChI is InChI=1S/C13H14N4O/c1-9-6-12(16-15-9)13(18)17-7-11(8-17)10-2-4-14-5-3-10/h2-6,11H,7-8H2,1H3,(H,15,16). The molecule has 1 aliphatic rings. The van der Waals surface area contributed by atoms with Crippen LogP contribution in [0.1, 0.15) is 27.7 Å². The van der Waals surface area contributed by atoms with E-state index in [1.165, 1.54) is 5.56 Å². The number of carbonyl (C=O) groups is 1. The zero-order valence-corrected chi connectivity index (χ0v) is 10.1. The van der Waals surface area contributed by atoms with E-state index in [0.717, 1.165) is 18.8 Å². The number of H-pyrrole nitrogens is 1. The molecule has 3 rings (SSSR count). The van der Waals surface area contributed by atoms with Crippen LogP contribution in [0.3, 0.4) is 0 Å². The van der Waals surface area contributed by atoms with Crippen molar-refractivity contribution in [2.24, 2.45) is 0 Å². The summed E-state index contributed by atoms with van der Waals surface area (Å²) in [6.45, 7) is 3.41. The molecule has 2 aromatic heterocycles. The average Bonchev–Trinajstić information content (AvgIpc) is 2.75. The highest BCUT2D eigenvalue weighted by Crippen LogP contribution is 2.27. The second-order valence-electron chi connectivity index (χ2n) is 4.62. The molecule has 92 valence electrons. The van der Waals surface area contributed by atoms with E-state index in [9.17, 15) is 4.79 Å². The van der Waals surface area contributed by atoms with Gasteiger partial charge in [0.2, 0.25) is 0 Å². The Balaban J connectivity index is 1.64. The summed E-state index contributed by atoms with van der Waals surface area (Å²) in [5.74, 6) is 0.432. The molecule has 0 saturated carbocycles. The van der Waals surface area contributed by atoms with Crippen molar-refractivity contribution in [3.63, 3.8) is 0 Å². The first-order chi connectivity index (χ1) is 8.74. The number of aromatic nitrogens is 3. The zero-order chi connectivity index (χ0) is 12.5. The van der Waals surface area contributed by atoms with Crippen LogP contribution in [0.15, 0.2) is 30.6 Å². The number of hydrogen-bond donors (Lipinski definition) is 1. The molecule has 1 N–H and O–H groups in total. The monoisotopic (exact) mass is 242 g/mol. The molecule has 1 fully saturated rings. The zero-order valence-electron chi connectivity index (χ0n) is 10.1. The number of amides is 1. The first kappa shape index (κ1) is 11.0. The van der Waals surface area contributed by atoms with E-state index in [0.29, 0.717) is 11.6 Å². The quantitative estimate of drug-likeness (QED) is 0.864. The predicted molar refractivity (Wildman–Crippen MR) is 66.2 cm³/mol. The second kappa shape index (κ2) is 4.25. The molecule has 18 heavy (non-hydrogen) atoms. The smallest absolute Gasteiger partial charge is 0.274 e. The van der Waals surface area contributed by atoms with Crippen LogP contribution in [0.2, 0.25) is 0 Å². The van der Waals surface area contributed by atoms with Gasteiger partial charge in [0.15, 0.2) is 0 Å². The molecule has 2 aromatic rings. The summed E-state index contributed by atoms with van der Waals surface area (Å²) >= 11 is 0. The van der Waals surface area contributed by atoms with Crippen molar-refractivity contribution >= 4 is 5.91 Å². The molecule has 0 radical (unpaired) electrons. The number of hydrogen-bond acceptors (Lipinski definition) is 3. The fourth-order valence-electron chi connectivity index (χ4n) is 2.18. The van der Waals surface area contributed by atoms with Crippen LogP contribution in [0.25, 0.3) is 0 Å². The summed E-state index contributed by atoms with van der Waals surface area (Å²) in [6, 6.07) is 5.79. The highest BCUT2D eigenvalue weighted by molar-refractivity contribution is 5.93. The Kier molecular flexibility index (Phi) is 2.59. The fraction of sp³-hybridized carbons (Fsp3) is 0.308. The van der Waals surface area contributed by atoms with Crippen LogP contribution in [0.5, 0.6) is 0 Å². The van der Waals surface area contributed by atoms with Crippen molar-refractivity contribution in [2.45, 2.75) is 12.8 Å². The molecule has 1 saturated heterocycles. The minimum Gasteiger partial charge on any atom is -0.336 e. The van der Waals surface area contributed by atoms with Gasteiger partial charge in [0, 0.05) is 37.1 Å². The summed E-state index contributed by atoms with van der Waals surface area (Å²) in [4.78, 5) is 17.9. The lowest BCUT2D eigenvalue weighted by Gasteiger charge is -2.39. The number of carbonyl (C=O) groups excluding carboxylic acids is 1. The molecular formula is C13H14N4O. The Morgan fingerprint density at radius 1 is 1.39 bits per heavy atom. The normalized spacial score (nSPS) is 15.5. The van der Waals surface area contributed by atoms with Crippen LogP contribution >= 0.6 is 0 Å². The maximum atomic E-state index is 12.0. The molecule has 0 spiro atoms. The van der Waals surface area contributed by atoms with Crippen molar-refractivity contribution in [3.05, 3.63) is 47.5 Å². The van der Waals surface area contributed by atoms with E-state index < -0.39 is 0 Å². The number of nitrogens with zero attached hydrogens (tertiary/aromatic N) is 3. The van der Waals surface area contributed by atoms with E-state index in [2.05, 4.69) is 15.2 Å². The molecular weight excluding hydrogens is 228 g/mol. The second-order valence-corrected chi connectivity index (χ2v) is 4.62. The van der Waals surface area contributed by atoms with Gasteiger partial charge < -0.3 is 4.90 Å². The van der Waals surface area contributed by atoms with Gasteiger partial charge in [-0.05, 0) is 30.7 Å². The van der Waals surface area contributed by atoms with E-state index in [1.54, 1.807) is 18.5 Å². The van der Waals surface area contributed by atoms with Crippen LogP contribution in [-0.2, 0) is 0 Å². The third kappa shape index (κ3) is 1.88. The third-order valence-corrected chi connectivity index (χ3v) is 3.27. The molecule has 1 amide bonds. The van der Waals surface area contributed by atoms with Crippen LogP contribution < -0.4 is 0 Å². The molecule has 0 aromatic carbocycles. The van der Waals surface area contributed by atoms with E-state index >= 15 is 0 Å². The lowest BCUT2D eigenvalue weighted by atomic mass is 9.92. The predicted octanol–water partition coefficient (Wildman–Crippen LogP) is 1.35. The van der Waals surface area contributed by atoms with Crippen molar-refractivity contribution in [2.75, 3.05) is 13.1 Å². The fourth-order valence-corrected chi connectivity index (χ4v) is 2.18. The van der Waals surface area contributed by atoms with Crippen LogP contribution in [0, 0.1) is 6.92 Å². The Morgan fingerprint density at radius 3 is 2.72 bits per heavy atom. The molecule has 5 nitrogen and oxygen atoms in total. The van der Waals surface area contributed by atoms with Crippen molar-refractivity contribution in [1.82, 2.24) is 20.1 Å². The number of aromatic amines is 1. The minimum atomic E-state index is 0.00431. The Labute approximate surface area is 105 Å². The number of pyridine rings is 1.